The number of rotatable bonds is 12. The van der Waals surface area contributed by atoms with Crippen LogP contribution in [-0.2, 0) is 14.4 Å². The van der Waals surface area contributed by atoms with Crippen molar-refractivity contribution in [2.75, 3.05) is 13.1 Å². The summed E-state index contributed by atoms with van der Waals surface area (Å²) in [6.45, 7) is 4.55. The third kappa shape index (κ3) is 8.39. The van der Waals surface area contributed by atoms with Crippen molar-refractivity contribution < 1.29 is 19.2 Å². The van der Waals surface area contributed by atoms with Crippen molar-refractivity contribution in [1.82, 2.24) is 26.2 Å². The second kappa shape index (κ2) is 13.1. The molecule has 35 heavy (non-hydrogen) atoms. The number of nitrogens with one attached hydrogen (secondary N) is 4. The first-order valence-corrected chi connectivity index (χ1v) is 13.8. The SMILES string of the molecule is CCCC[C@@H](CC(=O)NC1CC1)NC(=O)[C@@H]1CCCN1C(=O)CNC(=O)NC1(CC)CCCCC1. The topological polar surface area (TPSA) is 120 Å². The van der Waals surface area contributed by atoms with Gasteiger partial charge in [-0.25, -0.2) is 4.79 Å². The molecule has 3 aliphatic rings. The van der Waals surface area contributed by atoms with E-state index in [0.717, 1.165) is 70.6 Å². The van der Waals surface area contributed by atoms with Crippen molar-refractivity contribution in [3.05, 3.63) is 0 Å². The van der Waals surface area contributed by atoms with E-state index in [9.17, 15) is 19.2 Å². The maximum absolute atomic E-state index is 13.1. The summed E-state index contributed by atoms with van der Waals surface area (Å²) < 4.78 is 0. The zero-order chi connectivity index (χ0) is 25.3. The zero-order valence-electron chi connectivity index (χ0n) is 21.6. The quantitative estimate of drug-likeness (QED) is 0.336. The molecular formula is C26H45N5O4. The van der Waals surface area contributed by atoms with Gasteiger partial charge in [0.15, 0.2) is 0 Å². The largest absolute Gasteiger partial charge is 0.353 e. The van der Waals surface area contributed by atoms with E-state index in [1.807, 2.05) is 0 Å². The minimum Gasteiger partial charge on any atom is -0.353 e. The Morgan fingerprint density at radius 2 is 1.74 bits per heavy atom. The normalized spacial score (nSPS) is 22.2. The molecule has 2 aliphatic carbocycles. The van der Waals surface area contributed by atoms with E-state index in [4.69, 9.17) is 0 Å². The van der Waals surface area contributed by atoms with Crippen LogP contribution < -0.4 is 21.3 Å². The molecule has 0 aromatic heterocycles. The number of likely N-dealkylation sites (tertiary alicyclic amines) is 1. The van der Waals surface area contributed by atoms with Crippen molar-refractivity contribution >= 4 is 23.8 Å². The van der Waals surface area contributed by atoms with E-state index in [2.05, 4.69) is 35.1 Å². The lowest BCUT2D eigenvalue weighted by Gasteiger charge is -2.37. The monoisotopic (exact) mass is 491 g/mol. The van der Waals surface area contributed by atoms with Gasteiger partial charge in [0.25, 0.3) is 0 Å². The van der Waals surface area contributed by atoms with Crippen molar-refractivity contribution in [3.8, 4) is 0 Å². The van der Waals surface area contributed by atoms with Gasteiger partial charge < -0.3 is 26.2 Å². The minimum atomic E-state index is -0.552. The first kappa shape index (κ1) is 27.3. The number of urea groups is 1. The van der Waals surface area contributed by atoms with Crippen LogP contribution in [0.15, 0.2) is 0 Å². The summed E-state index contributed by atoms with van der Waals surface area (Å²) >= 11 is 0. The molecule has 0 unspecified atom stereocenters. The summed E-state index contributed by atoms with van der Waals surface area (Å²) in [5, 5.41) is 11.9. The lowest BCUT2D eigenvalue weighted by molar-refractivity contribution is -0.138. The number of carbonyl (C=O) groups is 4. The highest BCUT2D eigenvalue weighted by atomic mass is 16.2. The fourth-order valence-corrected chi connectivity index (χ4v) is 5.39. The lowest BCUT2D eigenvalue weighted by atomic mass is 9.80. The van der Waals surface area contributed by atoms with Crippen LogP contribution >= 0.6 is 0 Å². The number of hydrogen-bond donors (Lipinski definition) is 4. The molecule has 1 aliphatic heterocycles. The van der Waals surface area contributed by atoms with Crippen molar-refractivity contribution in [3.63, 3.8) is 0 Å². The summed E-state index contributed by atoms with van der Waals surface area (Å²) in [7, 11) is 0. The summed E-state index contributed by atoms with van der Waals surface area (Å²) in [5.41, 5.74) is -0.180. The Labute approximate surface area is 209 Å². The average Bonchev–Trinajstić information content (AvgIpc) is 3.51. The summed E-state index contributed by atoms with van der Waals surface area (Å²) in [5.74, 6) is -0.470. The standard InChI is InChI=1S/C26H45N5O4/c1-3-5-10-20(17-22(32)28-19-12-13-19)29-24(34)21-11-9-16-31(21)23(33)18-27-25(35)30-26(4-2)14-7-6-8-15-26/h19-21H,3-18H2,1-2H3,(H,28,32)(H,29,34)(H2,27,30,35)/t20-,21-/m0/s1. The Hall–Kier alpha value is -2.32. The van der Waals surface area contributed by atoms with Gasteiger partial charge >= 0.3 is 6.03 Å². The van der Waals surface area contributed by atoms with Crippen LogP contribution in [0, 0.1) is 0 Å². The van der Waals surface area contributed by atoms with Gasteiger partial charge in [-0.3, -0.25) is 14.4 Å². The average molecular weight is 492 g/mol. The van der Waals surface area contributed by atoms with Crippen molar-refractivity contribution in [1.29, 1.82) is 0 Å². The summed E-state index contributed by atoms with van der Waals surface area (Å²) in [6, 6.07) is -0.807. The third-order valence-corrected chi connectivity index (χ3v) is 7.77. The van der Waals surface area contributed by atoms with Crippen LogP contribution in [0.25, 0.3) is 0 Å². The van der Waals surface area contributed by atoms with Crippen molar-refractivity contribution in [2.24, 2.45) is 0 Å². The Bertz CT molecular complexity index is 748. The van der Waals surface area contributed by atoms with Crippen molar-refractivity contribution in [2.45, 2.75) is 127 Å². The van der Waals surface area contributed by atoms with Crippen LogP contribution in [0.2, 0.25) is 0 Å². The molecule has 198 valence electrons. The van der Waals surface area contributed by atoms with Crippen LogP contribution in [0.3, 0.4) is 0 Å². The predicted molar refractivity (Wildman–Crippen MR) is 135 cm³/mol. The van der Waals surface area contributed by atoms with Gasteiger partial charge in [0.05, 0.1) is 6.54 Å². The molecule has 0 bridgehead atoms. The Kier molecular flexibility index (Phi) is 10.2. The predicted octanol–water partition coefficient (Wildman–Crippen LogP) is 2.73. The van der Waals surface area contributed by atoms with Crippen LogP contribution in [0.5, 0.6) is 0 Å². The van der Waals surface area contributed by atoms with Crippen LogP contribution in [-0.4, -0.2) is 65.4 Å². The fourth-order valence-electron chi connectivity index (χ4n) is 5.39. The van der Waals surface area contributed by atoms with Gasteiger partial charge in [-0.15, -0.1) is 0 Å². The molecule has 9 nitrogen and oxygen atoms in total. The maximum atomic E-state index is 13.1. The Morgan fingerprint density at radius 1 is 1.00 bits per heavy atom. The number of unbranched alkanes of at least 4 members (excludes halogenated alkanes) is 1. The number of carbonyl (C=O) groups excluding carboxylic acids is 4. The molecule has 9 heteroatoms. The van der Waals surface area contributed by atoms with Gasteiger partial charge in [-0.1, -0.05) is 46.0 Å². The van der Waals surface area contributed by atoms with E-state index in [1.54, 1.807) is 4.90 Å². The molecule has 1 saturated heterocycles. The maximum Gasteiger partial charge on any atom is 0.315 e. The highest BCUT2D eigenvalue weighted by Gasteiger charge is 2.36. The molecule has 1 heterocycles. The minimum absolute atomic E-state index is 0.0220. The van der Waals surface area contributed by atoms with Gasteiger partial charge in [0.1, 0.15) is 6.04 Å². The summed E-state index contributed by atoms with van der Waals surface area (Å²) in [4.78, 5) is 52.4. The fraction of sp³-hybridized carbons (Fsp3) is 0.846. The smallest absolute Gasteiger partial charge is 0.315 e. The Balaban J connectivity index is 1.48. The molecule has 3 rings (SSSR count). The highest BCUT2D eigenvalue weighted by Crippen LogP contribution is 2.30. The molecular weight excluding hydrogens is 446 g/mol. The molecule has 0 spiro atoms. The molecule has 5 amide bonds. The lowest BCUT2D eigenvalue weighted by Crippen LogP contribution is -2.55. The van der Waals surface area contributed by atoms with Gasteiger partial charge in [0, 0.05) is 30.6 Å². The van der Waals surface area contributed by atoms with E-state index in [1.165, 1.54) is 6.42 Å². The summed E-state index contributed by atoms with van der Waals surface area (Å²) in [6.07, 6.45) is 12.6. The van der Waals surface area contributed by atoms with E-state index >= 15 is 0 Å². The van der Waals surface area contributed by atoms with Crippen LogP contribution in [0.4, 0.5) is 4.79 Å². The Morgan fingerprint density at radius 3 is 2.40 bits per heavy atom. The van der Waals surface area contributed by atoms with E-state index < -0.39 is 6.04 Å². The molecule has 0 aromatic carbocycles. The first-order chi connectivity index (χ1) is 16.9. The molecule has 0 radical (unpaired) electrons. The highest BCUT2D eigenvalue weighted by molar-refractivity contribution is 5.91. The van der Waals surface area contributed by atoms with E-state index in [0.29, 0.717) is 19.0 Å². The molecule has 2 atom stereocenters. The second-order valence-electron chi connectivity index (χ2n) is 10.6. The van der Waals surface area contributed by atoms with Gasteiger partial charge in [-0.2, -0.15) is 0 Å². The molecule has 0 aromatic rings. The number of hydrogen-bond acceptors (Lipinski definition) is 4. The first-order valence-electron chi connectivity index (χ1n) is 13.8. The second-order valence-corrected chi connectivity index (χ2v) is 10.6. The number of nitrogens with zero attached hydrogens (tertiary/aromatic N) is 1. The third-order valence-electron chi connectivity index (χ3n) is 7.77. The van der Waals surface area contributed by atoms with E-state index in [-0.39, 0.29) is 48.3 Å². The molecule has 2 saturated carbocycles. The zero-order valence-corrected chi connectivity index (χ0v) is 21.6. The molecule has 4 N–H and O–H groups in total. The van der Waals surface area contributed by atoms with Gasteiger partial charge in [-0.05, 0) is 51.4 Å². The van der Waals surface area contributed by atoms with Crippen LogP contribution in [0.1, 0.15) is 104 Å². The van der Waals surface area contributed by atoms with Gasteiger partial charge in [0.2, 0.25) is 17.7 Å². The number of amides is 5. The molecule has 3 fully saturated rings.